The van der Waals surface area contributed by atoms with Gasteiger partial charge in [0.05, 0.1) is 18.4 Å². The van der Waals surface area contributed by atoms with E-state index in [1.165, 1.54) is 12.5 Å². The Labute approximate surface area is 146 Å². The lowest BCUT2D eigenvalue weighted by Gasteiger charge is -2.36. The summed E-state index contributed by atoms with van der Waals surface area (Å²) in [6.07, 6.45) is 4.24. The van der Waals surface area contributed by atoms with Gasteiger partial charge < -0.3 is 20.0 Å². The van der Waals surface area contributed by atoms with Crippen LogP contribution in [0.15, 0.2) is 23.0 Å². The molecule has 3 rings (SSSR count). The molecular weight excluding hydrogens is 324 g/mol. The van der Waals surface area contributed by atoms with Crippen LogP contribution in [-0.4, -0.2) is 78.2 Å². The summed E-state index contributed by atoms with van der Waals surface area (Å²) in [6.45, 7) is 4.08. The lowest BCUT2D eigenvalue weighted by molar-refractivity contribution is -0.136. The third-order valence-electron chi connectivity index (χ3n) is 5.04. The van der Waals surface area contributed by atoms with Crippen molar-refractivity contribution in [2.24, 2.45) is 11.7 Å². The molecule has 0 atom stereocenters. The van der Waals surface area contributed by atoms with Crippen LogP contribution in [0.3, 0.4) is 0 Å². The van der Waals surface area contributed by atoms with E-state index in [1.54, 1.807) is 11.0 Å². The maximum Gasteiger partial charge on any atom is 0.257 e. The minimum absolute atomic E-state index is 0.0340. The first-order valence-electron chi connectivity index (χ1n) is 8.65. The molecule has 25 heavy (non-hydrogen) atoms. The lowest BCUT2D eigenvalue weighted by Crippen LogP contribution is -2.52. The van der Waals surface area contributed by atoms with Crippen LogP contribution in [0.2, 0.25) is 0 Å². The van der Waals surface area contributed by atoms with E-state index >= 15 is 0 Å². The Bertz CT molecular complexity index is 615. The van der Waals surface area contributed by atoms with Gasteiger partial charge in [0.1, 0.15) is 6.26 Å². The van der Waals surface area contributed by atoms with Gasteiger partial charge >= 0.3 is 0 Å². The summed E-state index contributed by atoms with van der Waals surface area (Å²) in [7, 11) is 0. The van der Waals surface area contributed by atoms with Crippen molar-refractivity contribution in [3.05, 3.63) is 24.2 Å². The molecule has 0 unspecified atom stereocenters. The van der Waals surface area contributed by atoms with Crippen molar-refractivity contribution < 1.29 is 18.8 Å². The fraction of sp³-hybridized carbons (Fsp3) is 0.588. The van der Waals surface area contributed by atoms with E-state index in [1.807, 2.05) is 4.90 Å². The predicted molar refractivity (Wildman–Crippen MR) is 89.5 cm³/mol. The second-order valence-electron chi connectivity index (χ2n) is 6.64. The molecule has 8 nitrogen and oxygen atoms in total. The van der Waals surface area contributed by atoms with Crippen molar-refractivity contribution in [2.45, 2.75) is 12.8 Å². The molecule has 136 valence electrons. The second kappa shape index (κ2) is 7.69. The van der Waals surface area contributed by atoms with Crippen LogP contribution in [0.5, 0.6) is 0 Å². The number of hydrogen-bond acceptors (Lipinski definition) is 5. The molecule has 0 aromatic carbocycles. The first-order valence-corrected chi connectivity index (χ1v) is 8.65. The van der Waals surface area contributed by atoms with Crippen molar-refractivity contribution in [3.63, 3.8) is 0 Å². The number of amides is 3. The van der Waals surface area contributed by atoms with E-state index in [0.29, 0.717) is 64.2 Å². The summed E-state index contributed by atoms with van der Waals surface area (Å²) < 4.78 is 4.95. The van der Waals surface area contributed by atoms with Crippen LogP contribution in [0.25, 0.3) is 0 Å². The molecule has 0 radical (unpaired) electrons. The number of furan rings is 1. The van der Waals surface area contributed by atoms with Gasteiger partial charge in [-0.05, 0) is 18.9 Å². The Morgan fingerprint density at radius 2 is 1.72 bits per heavy atom. The lowest BCUT2D eigenvalue weighted by atomic mass is 9.96. The van der Waals surface area contributed by atoms with Gasteiger partial charge in [-0.25, -0.2) is 0 Å². The molecule has 2 fully saturated rings. The van der Waals surface area contributed by atoms with E-state index in [-0.39, 0.29) is 23.6 Å². The van der Waals surface area contributed by atoms with Gasteiger partial charge in [-0.2, -0.15) is 0 Å². The van der Waals surface area contributed by atoms with Crippen molar-refractivity contribution >= 4 is 17.7 Å². The molecule has 3 amide bonds. The first-order chi connectivity index (χ1) is 12.0. The monoisotopic (exact) mass is 348 g/mol. The quantitative estimate of drug-likeness (QED) is 0.809. The van der Waals surface area contributed by atoms with Crippen molar-refractivity contribution in [2.75, 3.05) is 45.8 Å². The number of piperidine rings is 1. The highest BCUT2D eigenvalue weighted by atomic mass is 16.3. The van der Waals surface area contributed by atoms with Gasteiger partial charge in [0, 0.05) is 45.2 Å². The molecule has 2 aliphatic rings. The molecule has 8 heteroatoms. The summed E-state index contributed by atoms with van der Waals surface area (Å²) >= 11 is 0. The maximum atomic E-state index is 12.4. The summed E-state index contributed by atoms with van der Waals surface area (Å²) in [5.41, 5.74) is 5.88. The number of carbonyl (C=O) groups excluding carboxylic acids is 3. The van der Waals surface area contributed by atoms with Gasteiger partial charge in [-0.1, -0.05) is 0 Å². The van der Waals surface area contributed by atoms with E-state index in [4.69, 9.17) is 10.2 Å². The molecule has 3 heterocycles. The van der Waals surface area contributed by atoms with Gasteiger partial charge in [0.15, 0.2) is 0 Å². The van der Waals surface area contributed by atoms with Gasteiger partial charge in [0.25, 0.3) is 5.91 Å². The Morgan fingerprint density at radius 3 is 2.28 bits per heavy atom. The van der Waals surface area contributed by atoms with Crippen molar-refractivity contribution in [1.82, 2.24) is 14.7 Å². The zero-order valence-electron chi connectivity index (χ0n) is 14.2. The number of nitrogens with zero attached hydrogens (tertiary/aromatic N) is 3. The molecule has 2 aliphatic heterocycles. The van der Waals surface area contributed by atoms with Crippen LogP contribution in [-0.2, 0) is 9.59 Å². The molecule has 0 aliphatic carbocycles. The van der Waals surface area contributed by atoms with Gasteiger partial charge in [-0.15, -0.1) is 0 Å². The smallest absolute Gasteiger partial charge is 0.257 e. The Balaban J connectivity index is 1.42. The summed E-state index contributed by atoms with van der Waals surface area (Å²) in [6, 6.07) is 1.66. The van der Waals surface area contributed by atoms with E-state index in [0.717, 1.165) is 0 Å². The molecule has 0 bridgehead atoms. The number of likely N-dealkylation sites (tertiary alicyclic amines) is 1. The normalized spacial score (nSPS) is 19.8. The highest BCUT2D eigenvalue weighted by molar-refractivity contribution is 5.93. The minimum Gasteiger partial charge on any atom is -0.472 e. The predicted octanol–water partition coefficient (Wildman–Crippen LogP) is -0.239. The number of nitrogens with two attached hydrogens (primary N) is 1. The Morgan fingerprint density at radius 1 is 1.04 bits per heavy atom. The fourth-order valence-electron chi connectivity index (χ4n) is 3.38. The van der Waals surface area contributed by atoms with Gasteiger partial charge in [0.2, 0.25) is 11.8 Å². The number of piperazine rings is 1. The Kier molecular flexibility index (Phi) is 5.37. The van der Waals surface area contributed by atoms with Crippen LogP contribution >= 0.6 is 0 Å². The first kappa shape index (κ1) is 17.5. The standard InChI is InChI=1S/C17H24N4O4/c18-16(23)13-1-4-20(5-2-13)15(22)11-19-6-8-21(9-7-19)17(24)14-3-10-25-12-14/h3,10,12-13H,1-2,4-9,11H2,(H2,18,23). The van der Waals surface area contributed by atoms with Crippen LogP contribution in [0.1, 0.15) is 23.2 Å². The number of primary amides is 1. The van der Waals surface area contributed by atoms with E-state index in [2.05, 4.69) is 4.90 Å². The fourth-order valence-corrected chi connectivity index (χ4v) is 3.38. The number of rotatable bonds is 4. The third kappa shape index (κ3) is 4.19. The largest absolute Gasteiger partial charge is 0.472 e. The third-order valence-corrected chi connectivity index (χ3v) is 5.04. The molecule has 1 aromatic rings. The average molecular weight is 348 g/mol. The molecule has 0 saturated carbocycles. The zero-order chi connectivity index (χ0) is 17.8. The summed E-state index contributed by atoms with van der Waals surface area (Å²) in [4.78, 5) is 41.5. The second-order valence-corrected chi connectivity index (χ2v) is 6.64. The zero-order valence-corrected chi connectivity index (χ0v) is 14.2. The molecule has 1 aromatic heterocycles. The number of carbonyl (C=O) groups is 3. The van der Waals surface area contributed by atoms with Crippen LogP contribution in [0.4, 0.5) is 0 Å². The molecule has 0 spiro atoms. The maximum absolute atomic E-state index is 12.4. The topological polar surface area (TPSA) is 100 Å². The summed E-state index contributed by atoms with van der Waals surface area (Å²) in [5.74, 6) is -0.335. The molecule has 2 N–H and O–H groups in total. The highest BCUT2D eigenvalue weighted by Gasteiger charge is 2.28. The van der Waals surface area contributed by atoms with Crippen molar-refractivity contribution in [1.29, 1.82) is 0 Å². The average Bonchev–Trinajstić information content (AvgIpc) is 3.16. The minimum atomic E-state index is -0.273. The molecular formula is C17H24N4O4. The van der Waals surface area contributed by atoms with E-state index < -0.39 is 0 Å². The van der Waals surface area contributed by atoms with E-state index in [9.17, 15) is 14.4 Å². The SMILES string of the molecule is NC(=O)C1CCN(C(=O)CN2CCN(C(=O)c3ccoc3)CC2)CC1. The molecule has 2 saturated heterocycles. The van der Waals surface area contributed by atoms with Crippen LogP contribution in [0, 0.1) is 5.92 Å². The number of hydrogen-bond donors (Lipinski definition) is 1. The Hall–Kier alpha value is -2.35. The summed E-state index contributed by atoms with van der Waals surface area (Å²) in [5, 5.41) is 0. The van der Waals surface area contributed by atoms with Crippen molar-refractivity contribution in [3.8, 4) is 0 Å². The highest BCUT2D eigenvalue weighted by Crippen LogP contribution is 2.17. The van der Waals surface area contributed by atoms with Crippen LogP contribution < -0.4 is 5.73 Å². The van der Waals surface area contributed by atoms with Gasteiger partial charge in [-0.3, -0.25) is 19.3 Å².